The average molecular weight is 433 g/mol. The first-order valence-corrected chi connectivity index (χ1v) is 10.5. The molecular formula is C23H19N3O4S. The third-order valence-corrected chi connectivity index (χ3v) is 6.22. The number of thioether (sulfide) groups is 1. The van der Waals surface area contributed by atoms with E-state index in [1.54, 1.807) is 17.8 Å². The molecule has 3 aromatic carbocycles. The molecule has 3 aromatic rings. The SMILES string of the molecule is O=C(CN1C(=O)C[C@@H](c2ccccc2)Sc2ccccc21)Nc1cccc([N+](=O)[O-])c1. The van der Waals surface area contributed by atoms with Gasteiger partial charge in [0.2, 0.25) is 11.8 Å². The van der Waals surface area contributed by atoms with Gasteiger partial charge in [0.1, 0.15) is 6.54 Å². The van der Waals surface area contributed by atoms with Crippen LogP contribution in [-0.2, 0) is 9.59 Å². The van der Waals surface area contributed by atoms with Gasteiger partial charge in [-0.1, -0.05) is 48.5 Å². The second-order valence-electron chi connectivity index (χ2n) is 7.02. The van der Waals surface area contributed by atoms with Gasteiger partial charge < -0.3 is 10.2 Å². The van der Waals surface area contributed by atoms with Crippen LogP contribution in [0, 0.1) is 10.1 Å². The zero-order valence-corrected chi connectivity index (χ0v) is 17.2. The van der Waals surface area contributed by atoms with Crippen molar-refractivity contribution in [1.29, 1.82) is 0 Å². The largest absolute Gasteiger partial charge is 0.324 e. The molecule has 1 aliphatic heterocycles. The van der Waals surface area contributed by atoms with Crippen LogP contribution in [0.1, 0.15) is 17.2 Å². The molecule has 8 heteroatoms. The maximum atomic E-state index is 13.1. The van der Waals surface area contributed by atoms with Gasteiger partial charge in [-0.2, -0.15) is 0 Å². The fourth-order valence-electron chi connectivity index (χ4n) is 3.45. The highest BCUT2D eigenvalue weighted by Gasteiger charge is 2.30. The Hall–Kier alpha value is -3.65. The van der Waals surface area contributed by atoms with Gasteiger partial charge in [0.25, 0.3) is 5.69 Å². The maximum absolute atomic E-state index is 13.1. The molecule has 156 valence electrons. The van der Waals surface area contributed by atoms with Gasteiger partial charge in [-0.15, -0.1) is 11.8 Å². The third-order valence-electron chi connectivity index (χ3n) is 4.90. The Bertz CT molecular complexity index is 1140. The highest BCUT2D eigenvalue weighted by Crippen LogP contribution is 2.45. The van der Waals surface area contributed by atoms with Crippen LogP contribution in [-0.4, -0.2) is 23.3 Å². The van der Waals surface area contributed by atoms with Crippen LogP contribution in [0.2, 0.25) is 0 Å². The molecule has 0 saturated carbocycles. The standard InChI is InChI=1S/C23H19N3O4S/c27-22(24-17-9-6-10-18(13-17)26(29)30)15-25-19-11-4-5-12-20(19)31-21(14-23(25)28)16-7-2-1-3-8-16/h1-13,21H,14-15H2,(H,24,27)/t21-/m0/s1. The molecule has 1 heterocycles. The number of para-hydroxylation sites is 1. The van der Waals surface area contributed by atoms with Crippen LogP contribution in [0.3, 0.4) is 0 Å². The molecule has 1 aliphatic rings. The molecule has 1 atom stereocenters. The molecule has 0 spiro atoms. The lowest BCUT2D eigenvalue weighted by molar-refractivity contribution is -0.384. The highest BCUT2D eigenvalue weighted by atomic mass is 32.2. The number of benzene rings is 3. The lowest BCUT2D eigenvalue weighted by Gasteiger charge is -2.22. The molecule has 7 nitrogen and oxygen atoms in total. The van der Waals surface area contributed by atoms with Crippen LogP contribution in [0.15, 0.2) is 83.8 Å². The van der Waals surface area contributed by atoms with E-state index < -0.39 is 10.8 Å². The van der Waals surface area contributed by atoms with E-state index in [0.717, 1.165) is 10.5 Å². The van der Waals surface area contributed by atoms with E-state index in [1.807, 2.05) is 54.6 Å². The molecule has 0 unspecified atom stereocenters. The number of anilines is 2. The molecule has 1 N–H and O–H groups in total. The van der Waals surface area contributed by atoms with E-state index in [2.05, 4.69) is 5.32 Å². The number of amides is 2. The third kappa shape index (κ3) is 4.75. The number of nitro groups is 1. The molecule has 0 radical (unpaired) electrons. The maximum Gasteiger partial charge on any atom is 0.271 e. The van der Waals surface area contributed by atoms with Gasteiger partial charge in [-0.25, -0.2) is 0 Å². The van der Waals surface area contributed by atoms with Crippen LogP contribution in [0.4, 0.5) is 17.1 Å². The predicted octanol–water partition coefficient (Wildman–Crippen LogP) is 4.80. The fraction of sp³-hybridized carbons (Fsp3) is 0.130. The number of nitrogens with one attached hydrogen (secondary N) is 1. The number of rotatable bonds is 5. The molecule has 0 fully saturated rings. The van der Waals surface area contributed by atoms with Gasteiger partial charge in [0.05, 0.1) is 10.6 Å². The van der Waals surface area contributed by atoms with E-state index >= 15 is 0 Å². The minimum Gasteiger partial charge on any atom is -0.324 e. The highest BCUT2D eigenvalue weighted by molar-refractivity contribution is 7.99. The summed E-state index contributed by atoms with van der Waals surface area (Å²) in [4.78, 5) is 38.7. The summed E-state index contributed by atoms with van der Waals surface area (Å²) in [6, 6.07) is 23.1. The summed E-state index contributed by atoms with van der Waals surface area (Å²) in [5.74, 6) is -0.577. The average Bonchev–Trinajstić information content (AvgIpc) is 2.91. The monoisotopic (exact) mass is 433 g/mol. The summed E-state index contributed by atoms with van der Waals surface area (Å²) in [5.41, 5.74) is 1.94. The van der Waals surface area contributed by atoms with Crippen LogP contribution in [0.5, 0.6) is 0 Å². The lowest BCUT2D eigenvalue weighted by Crippen LogP contribution is -2.38. The topological polar surface area (TPSA) is 92.6 Å². The normalized spacial score (nSPS) is 15.7. The number of hydrogen-bond donors (Lipinski definition) is 1. The zero-order chi connectivity index (χ0) is 21.8. The smallest absolute Gasteiger partial charge is 0.271 e. The molecule has 31 heavy (non-hydrogen) atoms. The number of fused-ring (bicyclic) bond motifs is 1. The Labute approximate surface area is 183 Å². The van der Waals surface area contributed by atoms with Crippen molar-refractivity contribution < 1.29 is 14.5 Å². The predicted molar refractivity (Wildman–Crippen MR) is 120 cm³/mol. The van der Waals surface area contributed by atoms with Crippen LogP contribution in [0.25, 0.3) is 0 Å². The number of carbonyl (C=O) groups excluding carboxylic acids is 2. The Balaban J connectivity index is 1.56. The van der Waals surface area contributed by atoms with Crippen molar-refractivity contribution in [2.45, 2.75) is 16.6 Å². The summed E-state index contributed by atoms with van der Waals surface area (Å²) in [6.45, 7) is -0.180. The van der Waals surface area contributed by atoms with Gasteiger partial charge in [-0.3, -0.25) is 19.7 Å². The summed E-state index contributed by atoms with van der Waals surface area (Å²) < 4.78 is 0. The van der Waals surface area contributed by atoms with Gasteiger partial charge in [-0.05, 0) is 23.8 Å². The molecule has 4 rings (SSSR count). The molecular weight excluding hydrogens is 414 g/mol. The quantitative estimate of drug-likeness (QED) is 0.461. The first-order chi connectivity index (χ1) is 15.0. The first-order valence-electron chi connectivity index (χ1n) is 9.66. The van der Waals surface area contributed by atoms with Gasteiger partial charge in [0.15, 0.2) is 0 Å². The molecule has 0 aliphatic carbocycles. The van der Waals surface area contributed by atoms with Crippen molar-refractivity contribution in [3.8, 4) is 0 Å². The van der Waals surface area contributed by atoms with E-state index in [1.165, 1.54) is 23.1 Å². The first kappa shape index (κ1) is 20.6. The Morgan fingerprint density at radius 1 is 1.06 bits per heavy atom. The number of non-ortho nitro benzene ring substituents is 1. The van der Waals surface area contributed by atoms with E-state index in [-0.39, 0.29) is 29.8 Å². The summed E-state index contributed by atoms with van der Waals surface area (Å²) in [5, 5.41) is 13.6. The number of nitrogens with zero attached hydrogens (tertiary/aromatic N) is 2. The van der Waals surface area contributed by atoms with Crippen molar-refractivity contribution >= 4 is 40.6 Å². The second kappa shape index (κ2) is 9.01. The number of hydrogen-bond acceptors (Lipinski definition) is 5. The van der Waals surface area contributed by atoms with Crippen LogP contribution >= 0.6 is 11.8 Å². The van der Waals surface area contributed by atoms with E-state index in [4.69, 9.17) is 0 Å². The summed E-state index contributed by atoms with van der Waals surface area (Å²) in [7, 11) is 0. The Kier molecular flexibility index (Phi) is 5.99. The molecule has 0 bridgehead atoms. The zero-order valence-electron chi connectivity index (χ0n) is 16.4. The minimum absolute atomic E-state index is 0.0558. The molecule has 0 saturated heterocycles. The summed E-state index contributed by atoms with van der Waals surface area (Å²) in [6.07, 6.45) is 0.257. The van der Waals surface area contributed by atoms with E-state index in [0.29, 0.717) is 11.4 Å². The lowest BCUT2D eigenvalue weighted by atomic mass is 10.1. The van der Waals surface area contributed by atoms with Crippen LogP contribution < -0.4 is 10.2 Å². The second-order valence-corrected chi connectivity index (χ2v) is 8.27. The molecule has 2 amide bonds. The van der Waals surface area contributed by atoms with Crippen molar-refractivity contribution in [1.82, 2.24) is 0 Å². The van der Waals surface area contributed by atoms with Gasteiger partial charge >= 0.3 is 0 Å². The summed E-state index contributed by atoms with van der Waals surface area (Å²) >= 11 is 1.61. The van der Waals surface area contributed by atoms with Crippen molar-refractivity contribution in [2.75, 3.05) is 16.8 Å². The minimum atomic E-state index is -0.523. The number of carbonyl (C=O) groups is 2. The van der Waals surface area contributed by atoms with Crippen molar-refractivity contribution in [3.05, 3.63) is 94.5 Å². The van der Waals surface area contributed by atoms with Crippen molar-refractivity contribution in [2.24, 2.45) is 0 Å². The fourth-order valence-corrected chi connectivity index (χ4v) is 4.73. The van der Waals surface area contributed by atoms with Crippen molar-refractivity contribution in [3.63, 3.8) is 0 Å². The van der Waals surface area contributed by atoms with Gasteiger partial charge in [0, 0.05) is 34.4 Å². The number of nitro benzene ring substituents is 1. The van der Waals surface area contributed by atoms with E-state index in [9.17, 15) is 19.7 Å². The Morgan fingerprint density at radius 2 is 1.81 bits per heavy atom. The Morgan fingerprint density at radius 3 is 2.58 bits per heavy atom. The molecule has 0 aromatic heterocycles.